The van der Waals surface area contributed by atoms with Crippen molar-refractivity contribution in [3.05, 3.63) is 16.5 Å². The van der Waals surface area contributed by atoms with Gasteiger partial charge in [-0.25, -0.2) is 9.37 Å². The van der Waals surface area contributed by atoms with Gasteiger partial charge in [0, 0.05) is 0 Å². The van der Waals surface area contributed by atoms with Gasteiger partial charge in [0.1, 0.15) is 4.47 Å². The van der Waals surface area contributed by atoms with Gasteiger partial charge in [0.15, 0.2) is 5.82 Å². The van der Waals surface area contributed by atoms with Crippen LogP contribution in [-0.2, 0) is 0 Å². The SMILES string of the molecule is Nc1c(F)cnc(OC(F)(F)F)c1Br. The van der Waals surface area contributed by atoms with Crippen molar-refractivity contribution in [2.75, 3.05) is 5.73 Å². The van der Waals surface area contributed by atoms with Crippen molar-refractivity contribution in [1.29, 1.82) is 0 Å². The third-order valence-corrected chi connectivity index (χ3v) is 1.96. The van der Waals surface area contributed by atoms with Gasteiger partial charge in [0.2, 0.25) is 5.88 Å². The Morgan fingerprint density at radius 1 is 1.43 bits per heavy atom. The van der Waals surface area contributed by atoms with Crippen molar-refractivity contribution in [1.82, 2.24) is 4.98 Å². The highest BCUT2D eigenvalue weighted by Crippen LogP contribution is 2.33. The lowest BCUT2D eigenvalue weighted by atomic mass is 10.4. The fraction of sp³-hybridized carbons (Fsp3) is 0.167. The van der Waals surface area contributed by atoms with Crippen LogP contribution in [0.3, 0.4) is 0 Å². The smallest absolute Gasteiger partial charge is 0.395 e. The van der Waals surface area contributed by atoms with Gasteiger partial charge in [0.05, 0.1) is 11.9 Å². The Balaban J connectivity index is 3.06. The van der Waals surface area contributed by atoms with Gasteiger partial charge in [0.25, 0.3) is 0 Å². The summed E-state index contributed by atoms with van der Waals surface area (Å²) >= 11 is 2.63. The summed E-state index contributed by atoms with van der Waals surface area (Å²) in [6.45, 7) is 0. The number of nitrogens with zero attached hydrogens (tertiary/aromatic N) is 1. The zero-order chi connectivity index (χ0) is 10.9. The lowest BCUT2D eigenvalue weighted by Crippen LogP contribution is -2.18. The van der Waals surface area contributed by atoms with Gasteiger partial charge in [-0.2, -0.15) is 0 Å². The van der Waals surface area contributed by atoms with E-state index in [9.17, 15) is 17.6 Å². The van der Waals surface area contributed by atoms with Gasteiger partial charge in [-0.1, -0.05) is 0 Å². The molecule has 0 aliphatic rings. The van der Waals surface area contributed by atoms with E-state index in [1.165, 1.54) is 0 Å². The molecule has 0 aliphatic carbocycles. The molecule has 0 fully saturated rings. The minimum absolute atomic E-state index is 0.366. The Morgan fingerprint density at radius 2 is 2.00 bits per heavy atom. The molecule has 0 bridgehead atoms. The number of halogens is 5. The summed E-state index contributed by atoms with van der Waals surface area (Å²) in [5.74, 6) is -1.75. The van der Waals surface area contributed by atoms with Gasteiger partial charge >= 0.3 is 6.36 Å². The van der Waals surface area contributed by atoms with E-state index >= 15 is 0 Å². The van der Waals surface area contributed by atoms with Crippen LogP contribution in [0, 0.1) is 5.82 Å². The van der Waals surface area contributed by atoms with Crippen molar-refractivity contribution in [3.8, 4) is 5.88 Å². The van der Waals surface area contributed by atoms with Gasteiger partial charge < -0.3 is 10.5 Å². The maximum atomic E-state index is 12.6. The lowest BCUT2D eigenvalue weighted by molar-refractivity contribution is -0.276. The molecular formula is C6H3BrF4N2O. The number of alkyl halides is 3. The van der Waals surface area contributed by atoms with Crippen molar-refractivity contribution in [2.24, 2.45) is 0 Å². The van der Waals surface area contributed by atoms with E-state index in [1.807, 2.05) is 0 Å². The van der Waals surface area contributed by atoms with Gasteiger partial charge in [-0.05, 0) is 15.9 Å². The molecule has 3 nitrogen and oxygen atoms in total. The molecule has 1 aromatic heterocycles. The molecule has 0 spiro atoms. The summed E-state index contributed by atoms with van der Waals surface area (Å²) in [7, 11) is 0. The van der Waals surface area contributed by atoms with Crippen LogP contribution in [0.2, 0.25) is 0 Å². The molecule has 0 amide bonds. The highest BCUT2D eigenvalue weighted by Gasteiger charge is 2.33. The van der Waals surface area contributed by atoms with E-state index in [2.05, 4.69) is 25.7 Å². The van der Waals surface area contributed by atoms with Crippen LogP contribution in [0.25, 0.3) is 0 Å². The van der Waals surface area contributed by atoms with Crippen LogP contribution in [-0.4, -0.2) is 11.3 Å². The molecule has 0 aliphatic heterocycles. The van der Waals surface area contributed by atoms with E-state index < -0.39 is 23.7 Å². The Bertz CT molecular complexity index is 354. The van der Waals surface area contributed by atoms with Crippen molar-refractivity contribution < 1.29 is 22.3 Å². The predicted octanol–water partition coefficient (Wildman–Crippen LogP) is 2.46. The first-order chi connectivity index (χ1) is 6.31. The molecule has 8 heteroatoms. The molecule has 0 aromatic carbocycles. The molecule has 0 saturated heterocycles. The van der Waals surface area contributed by atoms with Gasteiger partial charge in [-0.15, -0.1) is 13.2 Å². The van der Waals surface area contributed by atoms with Crippen molar-refractivity contribution in [3.63, 3.8) is 0 Å². The molecule has 0 radical (unpaired) electrons. The maximum absolute atomic E-state index is 12.6. The summed E-state index contributed by atoms with van der Waals surface area (Å²) in [5, 5.41) is 0. The van der Waals surface area contributed by atoms with E-state index in [4.69, 9.17) is 5.73 Å². The Labute approximate surface area is 84.0 Å². The molecule has 1 heterocycles. The van der Waals surface area contributed by atoms with Crippen LogP contribution < -0.4 is 10.5 Å². The molecule has 2 N–H and O–H groups in total. The average molecular weight is 275 g/mol. The van der Waals surface area contributed by atoms with Crippen LogP contribution in [0.5, 0.6) is 5.88 Å². The number of ether oxygens (including phenoxy) is 1. The number of anilines is 1. The van der Waals surface area contributed by atoms with Crippen molar-refractivity contribution >= 4 is 21.6 Å². The van der Waals surface area contributed by atoms with E-state index in [0.717, 1.165) is 0 Å². The fourth-order valence-corrected chi connectivity index (χ4v) is 1.02. The standard InChI is InChI=1S/C6H3BrF4N2O/c7-3-4(12)2(8)1-13-5(3)14-6(9,10)11/h1H,(H2,12,13). The minimum Gasteiger partial charge on any atom is -0.395 e. The molecule has 0 saturated carbocycles. The number of hydrogen-bond acceptors (Lipinski definition) is 3. The number of hydrogen-bond donors (Lipinski definition) is 1. The Kier molecular flexibility index (Phi) is 2.84. The van der Waals surface area contributed by atoms with Crippen LogP contribution in [0.4, 0.5) is 23.2 Å². The molecule has 0 unspecified atom stereocenters. The second kappa shape index (κ2) is 3.60. The predicted molar refractivity (Wildman–Crippen MR) is 43.0 cm³/mol. The Morgan fingerprint density at radius 3 is 2.50 bits per heavy atom. The van der Waals surface area contributed by atoms with Crippen LogP contribution >= 0.6 is 15.9 Å². The number of nitrogens with two attached hydrogens (primary N) is 1. The van der Waals surface area contributed by atoms with Crippen molar-refractivity contribution in [2.45, 2.75) is 6.36 Å². The van der Waals surface area contributed by atoms with E-state index in [1.54, 1.807) is 0 Å². The highest BCUT2D eigenvalue weighted by atomic mass is 79.9. The quantitative estimate of drug-likeness (QED) is 0.801. The summed E-state index contributed by atoms with van der Waals surface area (Å²) < 4.78 is 50.9. The van der Waals surface area contributed by atoms with Crippen LogP contribution in [0.15, 0.2) is 10.7 Å². The monoisotopic (exact) mass is 274 g/mol. The average Bonchev–Trinajstić information content (AvgIpc) is 2.04. The number of nitrogen functional groups attached to an aromatic ring is 1. The third kappa shape index (κ3) is 2.47. The molecular weight excluding hydrogens is 272 g/mol. The summed E-state index contributed by atoms with van der Waals surface area (Å²) in [4.78, 5) is 3.08. The molecule has 0 atom stereocenters. The summed E-state index contributed by atoms with van der Waals surface area (Å²) in [6.07, 6.45) is -4.35. The molecule has 1 aromatic rings. The Hall–Kier alpha value is -1.05. The summed E-state index contributed by atoms with van der Waals surface area (Å²) in [5.41, 5.74) is 4.61. The number of rotatable bonds is 1. The normalized spacial score (nSPS) is 11.5. The van der Waals surface area contributed by atoms with Crippen LogP contribution in [0.1, 0.15) is 0 Å². The lowest BCUT2D eigenvalue weighted by Gasteiger charge is -2.10. The second-order valence-electron chi connectivity index (χ2n) is 2.19. The topological polar surface area (TPSA) is 48.1 Å². The minimum atomic E-state index is -4.89. The zero-order valence-electron chi connectivity index (χ0n) is 6.40. The first-order valence-electron chi connectivity index (χ1n) is 3.16. The van der Waals surface area contributed by atoms with E-state index in [0.29, 0.717) is 6.20 Å². The first-order valence-corrected chi connectivity index (χ1v) is 3.96. The largest absolute Gasteiger partial charge is 0.574 e. The van der Waals surface area contributed by atoms with Gasteiger partial charge in [-0.3, -0.25) is 0 Å². The highest BCUT2D eigenvalue weighted by molar-refractivity contribution is 9.10. The second-order valence-corrected chi connectivity index (χ2v) is 2.98. The molecule has 14 heavy (non-hydrogen) atoms. The molecule has 78 valence electrons. The maximum Gasteiger partial charge on any atom is 0.574 e. The van der Waals surface area contributed by atoms with E-state index in [-0.39, 0.29) is 4.47 Å². The first kappa shape index (κ1) is 11.0. The zero-order valence-corrected chi connectivity index (χ0v) is 7.99. The summed E-state index contributed by atoms with van der Waals surface area (Å²) in [6, 6.07) is 0. The molecule has 1 rings (SSSR count). The fourth-order valence-electron chi connectivity index (χ4n) is 0.642. The number of aromatic nitrogens is 1. The third-order valence-electron chi connectivity index (χ3n) is 1.19. The number of pyridine rings is 1.